The number of carbonyl (C=O) groups is 1. The van der Waals surface area contributed by atoms with Gasteiger partial charge in [-0.15, -0.1) is 11.3 Å². The first kappa shape index (κ1) is 17.0. The molecule has 0 unspecified atom stereocenters. The zero-order valence-electron chi connectivity index (χ0n) is 13.6. The molecule has 0 atom stereocenters. The molecule has 136 valence electrons. The SMILES string of the molecule is O=C(Cn1ncn2nc(-c3cccs3)cc2c1=O)Nc1ccc(F)cc1F. The Morgan fingerprint density at radius 1 is 1.22 bits per heavy atom. The molecule has 3 heterocycles. The number of rotatable bonds is 4. The number of halogens is 2. The van der Waals surface area contributed by atoms with Crippen LogP contribution in [0.3, 0.4) is 0 Å². The molecular weight excluding hydrogens is 376 g/mol. The molecule has 0 aliphatic rings. The standard InChI is InChI=1S/C17H11F2N5O2S/c18-10-3-4-12(11(19)6-10)21-16(25)8-23-17(26)14-7-13(15-2-1-5-27-15)22-24(14)9-20-23/h1-7,9H,8H2,(H,21,25). The maximum Gasteiger partial charge on any atom is 0.293 e. The van der Waals surface area contributed by atoms with Crippen molar-refractivity contribution in [2.45, 2.75) is 6.54 Å². The van der Waals surface area contributed by atoms with Crippen LogP contribution in [0.5, 0.6) is 0 Å². The maximum atomic E-state index is 13.6. The van der Waals surface area contributed by atoms with Crippen molar-refractivity contribution >= 4 is 28.4 Å². The van der Waals surface area contributed by atoms with E-state index in [9.17, 15) is 18.4 Å². The van der Waals surface area contributed by atoms with Gasteiger partial charge in [-0.25, -0.2) is 18.0 Å². The molecule has 1 amide bonds. The highest BCUT2D eigenvalue weighted by atomic mass is 32.1. The van der Waals surface area contributed by atoms with Crippen LogP contribution < -0.4 is 10.9 Å². The van der Waals surface area contributed by atoms with Crippen LogP contribution in [-0.2, 0) is 11.3 Å². The van der Waals surface area contributed by atoms with Crippen LogP contribution in [0.2, 0.25) is 0 Å². The lowest BCUT2D eigenvalue weighted by Crippen LogP contribution is -2.30. The van der Waals surface area contributed by atoms with Gasteiger partial charge < -0.3 is 5.32 Å². The summed E-state index contributed by atoms with van der Waals surface area (Å²) in [4.78, 5) is 25.6. The summed E-state index contributed by atoms with van der Waals surface area (Å²) in [5.41, 5.74) is 0.191. The summed E-state index contributed by atoms with van der Waals surface area (Å²) in [6.45, 7) is -0.425. The fourth-order valence-electron chi connectivity index (χ4n) is 2.51. The molecule has 3 aromatic heterocycles. The number of aromatic nitrogens is 4. The second-order valence-electron chi connectivity index (χ2n) is 5.60. The summed E-state index contributed by atoms with van der Waals surface area (Å²) in [5, 5.41) is 12.4. The molecule has 7 nitrogen and oxygen atoms in total. The quantitative estimate of drug-likeness (QED) is 0.584. The highest BCUT2D eigenvalue weighted by Gasteiger charge is 2.14. The molecule has 0 saturated carbocycles. The summed E-state index contributed by atoms with van der Waals surface area (Å²) in [6.07, 6.45) is 1.32. The highest BCUT2D eigenvalue weighted by molar-refractivity contribution is 7.13. The predicted molar refractivity (Wildman–Crippen MR) is 95.5 cm³/mol. The van der Waals surface area contributed by atoms with Crippen LogP contribution in [-0.4, -0.2) is 25.3 Å². The molecule has 4 rings (SSSR count). The number of carbonyl (C=O) groups excluding carboxylic acids is 1. The third kappa shape index (κ3) is 3.34. The summed E-state index contributed by atoms with van der Waals surface area (Å²) in [6, 6.07) is 8.15. The van der Waals surface area contributed by atoms with Gasteiger partial charge in [0.05, 0.1) is 10.6 Å². The minimum absolute atomic E-state index is 0.181. The molecule has 27 heavy (non-hydrogen) atoms. The van der Waals surface area contributed by atoms with Crippen molar-refractivity contribution in [2.75, 3.05) is 5.32 Å². The smallest absolute Gasteiger partial charge is 0.293 e. The Hall–Kier alpha value is -3.40. The van der Waals surface area contributed by atoms with Crippen LogP contribution in [0.4, 0.5) is 14.5 Å². The molecule has 0 saturated heterocycles. The van der Waals surface area contributed by atoms with Crippen molar-refractivity contribution in [3.63, 3.8) is 0 Å². The zero-order chi connectivity index (χ0) is 19.0. The van der Waals surface area contributed by atoms with E-state index in [0.717, 1.165) is 21.7 Å². The number of amides is 1. The lowest BCUT2D eigenvalue weighted by Gasteiger charge is -2.07. The molecule has 0 aliphatic carbocycles. The predicted octanol–water partition coefficient (Wildman–Crippen LogP) is 2.54. The molecule has 0 spiro atoms. The summed E-state index contributed by atoms with van der Waals surface area (Å²) in [7, 11) is 0. The van der Waals surface area contributed by atoms with E-state index < -0.39 is 29.6 Å². The van der Waals surface area contributed by atoms with Gasteiger partial charge >= 0.3 is 0 Å². The number of nitrogens with one attached hydrogen (secondary N) is 1. The van der Waals surface area contributed by atoms with Gasteiger partial charge in [0.1, 0.15) is 35.7 Å². The average Bonchev–Trinajstić information content (AvgIpc) is 3.29. The monoisotopic (exact) mass is 387 g/mol. The van der Waals surface area contributed by atoms with E-state index in [1.54, 1.807) is 6.07 Å². The van der Waals surface area contributed by atoms with Gasteiger partial charge in [0.2, 0.25) is 5.91 Å². The van der Waals surface area contributed by atoms with E-state index >= 15 is 0 Å². The number of thiophene rings is 1. The third-order valence-electron chi connectivity index (χ3n) is 3.76. The van der Waals surface area contributed by atoms with Crippen LogP contribution in [0, 0.1) is 11.6 Å². The van der Waals surface area contributed by atoms with E-state index in [4.69, 9.17) is 0 Å². The van der Waals surface area contributed by atoms with Gasteiger partial charge in [0.15, 0.2) is 0 Å². The first-order chi connectivity index (χ1) is 13.0. The minimum atomic E-state index is -0.907. The second-order valence-corrected chi connectivity index (χ2v) is 6.55. The van der Waals surface area contributed by atoms with Crippen molar-refractivity contribution in [1.82, 2.24) is 19.4 Å². The fraction of sp³-hybridized carbons (Fsp3) is 0.0588. The average molecular weight is 387 g/mol. The molecule has 1 aromatic carbocycles. The molecule has 4 aromatic rings. The van der Waals surface area contributed by atoms with Crippen molar-refractivity contribution in [3.8, 4) is 10.6 Å². The van der Waals surface area contributed by atoms with Gasteiger partial charge in [0, 0.05) is 6.07 Å². The van der Waals surface area contributed by atoms with E-state index in [1.807, 2.05) is 17.5 Å². The summed E-state index contributed by atoms with van der Waals surface area (Å²) in [5.74, 6) is -2.33. The van der Waals surface area contributed by atoms with Crippen LogP contribution in [0.25, 0.3) is 16.1 Å². The van der Waals surface area contributed by atoms with Gasteiger partial charge in [-0.05, 0) is 29.6 Å². The maximum absolute atomic E-state index is 13.6. The topological polar surface area (TPSA) is 81.3 Å². The molecule has 1 N–H and O–H groups in total. The number of hydrogen-bond donors (Lipinski definition) is 1. The van der Waals surface area contributed by atoms with Crippen molar-refractivity contribution in [2.24, 2.45) is 0 Å². The zero-order valence-corrected chi connectivity index (χ0v) is 14.4. The third-order valence-corrected chi connectivity index (χ3v) is 4.65. The van der Waals surface area contributed by atoms with Gasteiger partial charge in [-0.2, -0.15) is 10.2 Å². The lowest BCUT2D eigenvalue weighted by atomic mass is 10.3. The van der Waals surface area contributed by atoms with Crippen LogP contribution in [0.15, 0.2) is 52.9 Å². The number of fused-ring (bicyclic) bond motifs is 1. The van der Waals surface area contributed by atoms with Crippen molar-refractivity contribution in [3.05, 3.63) is 70.1 Å². The normalized spacial score (nSPS) is 11.0. The van der Waals surface area contributed by atoms with E-state index in [2.05, 4.69) is 15.5 Å². The van der Waals surface area contributed by atoms with E-state index in [-0.39, 0.29) is 11.2 Å². The van der Waals surface area contributed by atoms with Crippen LogP contribution in [0.1, 0.15) is 0 Å². The molecule has 0 aliphatic heterocycles. The van der Waals surface area contributed by atoms with Gasteiger partial charge in [0.25, 0.3) is 5.56 Å². The first-order valence-corrected chi connectivity index (χ1v) is 8.63. The Labute approximate surface area is 154 Å². The molecule has 10 heteroatoms. The number of hydrogen-bond acceptors (Lipinski definition) is 5. The molecule has 0 bridgehead atoms. The highest BCUT2D eigenvalue weighted by Crippen LogP contribution is 2.23. The molecule has 0 fully saturated rings. The Kier molecular flexibility index (Phi) is 4.24. The van der Waals surface area contributed by atoms with E-state index in [0.29, 0.717) is 11.8 Å². The lowest BCUT2D eigenvalue weighted by molar-refractivity contribution is -0.117. The van der Waals surface area contributed by atoms with Crippen molar-refractivity contribution in [1.29, 1.82) is 0 Å². The largest absolute Gasteiger partial charge is 0.322 e. The molecule has 0 radical (unpaired) electrons. The van der Waals surface area contributed by atoms with Gasteiger partial charge in [-0.1, -0.05) is 6.07 Å². The number of benzene rings is 1. The number of nitrogens with zero attached hydrogens (tertiary/aromatic N) is 4. The molecular formula is C17H11F2N5O2S. The van der Waals surface area contributed by atoms with E-state index in [1.165, 1.54) is 22.2 Å². The fourth-order valence-corrected chi connectivity index (χ4v) is 3.19. The number of anilines is 1. The second kappa shape index (κ2) is 6.72. The Balaban J connectivity index is 1.59. The van der Waals surface area contributed by atoms with Crippen molar-refractivity contribution < 1.29 is 13.6 Å². The summed E-state index contributed by atoms with van der Waals surface area (Å²) >= 11 is 1.48. The minimum Gasteiger partial charge on any atom is -0.322 e. The Morgan fingerprint density at radius 2 is 2.07 bits per heavy atom. The van der Waals surface area contributed by atoms with Crippen LogP contribution >= 0.6 is 11.3 Å². The van der Waals surface area contributed by atoms with Gasteiger partial charge in [-0.3, -0.25) is 9.59 Å². The summed E-state index contributed by atoms with van der Waals surface area (Å²) < 4.78 is 28.8. The first-order valence-electron chi connectivity index (χ1n) is 7.75. The Bertz CT molecular complexity index is 1200. The Morgan fingerprint density at radius 3 is 2.81 bits per heavy atom.